The molecule has 1 aromatic rings. The van der Waals surface area contributed by atoms with Gasteiger partial charge in [0.25, 0.3) is 0 Å². The fraction of sp³-hybridized carbons (Fsp3) is 0.333. The van der Waals surface area contributed by atoms with Crippen molar-refractivity contribution in [2.75, 3.05) is 6.67 Å². The van der Waals surface area contributed by atoms with Crippen LogP contribution in [0, 0.1) is 0 Å². The van der Waals surface area contributed by atoms with Gasteiger partial charge in [-0.15, -0.1) is 0 Å². The highest BCUT2D eigenvalue weighted by atomic mass is 79.9. The van der Waals surface area contributed by atoms with E-state index in [9.17, 15) is 13.2 Å². The molecule has 13 heavy (non-hydrogen) atoms. The highest BCUT2D eigenvalue weighted by Gasteiger charge is 2.21. The molecule has 0 fully saturated rings. The summed E-state index contributed by atoms with van der Waals surface area (Å²) in [6, 6.07) is 6.25. The molecule has 0 amide bonds. The number of benzene rings is 1. The van der Waals surface area contributed by atoms with Crippen LogP contribution in [0.4, 0.5) is 13.2 Å². The van der Waals surface area contributed by atoms with Crippen LogP contribution in [0.2, 0.25) is 0 Å². The molecule has 0 N–H and O–H groups in total. The average Bonchev–Trinajstić information content (AvgIpc) is 2.09. The van der Waals surface area contributed by atoms with E-state index < -0.39 is 19.0 Å². The number of halogens is 4. The number of hydrogen-bond acceptors (Lipinski definition) is 0. The third-order valence-corrected chi connectivity index (χ3v) is 2.30. The monoisotopic (exact) mass is 252 g/mol. The number of alkyl halides is 3. The van der Waals surface area contributed by atoms with E-state index in [0.29, 0.717) is 5.56 Å². The van der Waals surface area contributed by atoms with Crippen LogP contribution in [0.3, 0.4) is 0 Å². The second-order valence-electron chi connectivity index (χ2n) is 2.65. The van der Waals surface area contributed by atoms with Gasteiger partial charge in [0.2, 0.25) is 6.43 Å². The van der Waals surface area contributed by atoms with E-state index in [1.165, 1.54) is 12.1 Å². The molecule has 1 unspecified atom stereocenters. The Bertz CT molecular complexity index is 258. The highest BCUT2D eigenvalue weighted by Crippen LogP contribution is 2.25. The average molecular weight is 253 g/mol. The minimum Gasteiger partial charge on any atom is -0.250 e. The van der Waals surface area contributed by atoms with Crippen LogP contribution in [0.5, 0.6) is 0 Å². The Balaban J connectivity index is 2.86. The Morgan fingerprint density at radius 3 is 2.08 bits per heavy atom. The van der Waals surface area contributed by atoms with E-state index in [0.717, 1.165) is 4.47 Å². The summed E-state index contributed by atoms with van der Waals surface area (Å²) in [4.78, 5) is 0. The van der Waals surface area contributed by atoms with Gasteiger partial charge in [0.15, 0.2) is 0 Å². The summed E-state index contributed by atoms with van der Waals surface area (Å²) in [7, 11) is 0. The minimum absolute atomic E-state index is 0.334. The highest BCUT2D eigenvalue weighted by molar-refractivity contribution is 9.10. The maximum atomic E-state index is 12.2. The first-order valence-electron chi connectivity index (χ1n) is 3.74. The summed E-state index contributed by atoms with van der Waals surface area (Å²) >= 11 is 3.17. The van der Waals surface area contributed by atoms with E-state index in [-0.39, 0.29) is 0 Å². The number of hydrogen-bond donors (Lipinski definition) is 0. The summed E-state index contributed by atoms with van der Waals surface area (Å²) in [5.74, 6) is -1.30. The van der Waals surface area contributed by atoms with Crippen molar-refractivity contribution in [3.8, 4) is 0 Å². The first-order chi connectivity index (χ1) is 6.15. The van der Waals surface area contributed by atoms with E-state index in [1.54, 1.807) is 12.1 Å². The Kier molecular flexibility index (Phi) is 3.78. The van der Waals surface area contributed by atoms with Gasteiger partial charge in [0.1, 0.15) is 6.67 Å². The van der Waals surface area contributed by atoms with Crippen molar-refractivity contribution in [3.05, 3.63) is 34.3 Å². The van der Waals surface area contributed by atoms with Crippen LogP contribution in [0.15, 0.2) is 28.7 Å². The Morgan fingerprint density at radius 2 is 1.69 bits per heavy atom. The predicted octanol–water partition coefficient (Wildman–Crippen LogP) is 3.77. The lowest BCUT2D eigenvalue weighted by Crippen LogP contribution is -2.10. The summed E-state index contributed by atoms with van der Waals surface area (Å²) in [5.41, 5.74) is 0.334. The van der Waals surface area contributed by atoms with Gasteiger partial charge in [-0.2, -0.15) is 0 Å². The van der Waals surface area contributed by atoms with Crippen LogP contribution in [0.25, 0.3) is 0 Å². The fourth-order valence-corrected chi connectivity index (χ4v) is 1.28. The van der Waals surface area contributed by atoms with Gasteiger partial charge in [-0.25, -0.2) is 8.78 Å². The third kappa shape index (κ3) is 2.72. The smallest absolute Gasteiger partial charge is 0.247 e. The summed E-state index contributed by atoms with van der Waals surface area (Å²) in [6.45, 7) is -1.03. The lowest BCUT2D eigenvalue weighted by molar-refractivity contribution is 0.101. The van der Waals surface area contributed by atoms with Crippen LogP contribution in [-0.4, -0.2) is 13.1 Å². The van der Waals surface area contributed by atoms with Crippen molar-refractivity contribution >= 4 is 15.9 Å². The van der Waals surface area contributed by atoms with E-state index in [4.69, 9.17) is 0 Å². The molecule has 0 radical (unpaired) electrons. The van der Waals surface area contributed by atoms with Gasteiger partial charge < -0.3 is 0 Å². The predicted molar refractivity (Wildman–Crippen MR) is 48.9 cm³/mol. The standard InChI is InChI=1S/C9H8BrF3/c10-7-3-1-6(2-4-7)8(5-11)9(12)13/h1-4,8-9H,5H2. The molecule has 0 spiro atoms. The first kappa shape index (κ1) is 10.6. The lowest BCUT2D eigenvalue weighted by Gasteiger charge is -2.11. The molecule has 72 valence electrons. The second-order valence-corrected chi connectivity index (χ2v) is 3.56. The molecule has 0 saturated carbocycles. The molecule has 0 heterocycles. The Hall–Kier alpha value is -0.510. The first-order valence-corrected chi connectivity index (χ1v) is 4.54. The molecule has 1 atom stereocenters. The molecule has 1 aromatic carbocycles. The van der Waals surface area contributed by atoms with E-state index in [2.05, 4.69) is 15.9 Å². The number of rotatable bonds is 3. The lowest BCUT2D eigenvalue weighted by atomic mass is 10.0. The van der Waals surface area contributed by atoms with Gasteiger partial charge in [-0.3, -0.25) is 4.39 Å². The topological polar surface area (TPSA) is 0 Å². The Labute approximate surface area is 82.9 Å². The van der Waals surface area contributed by atoms with Gasteiger partial charge >= 0.3 is 0 Å². The van der Waals surface area contributed by atoms with Crippen molar-refractivity contribution < 1.29 is 13.2 Å². The fourth-order valence-electron chi connectivity index (χ4n) is 1.01. The minimum atomic E-state index is -2.65. The normalized spacial score (nSPS) is 13.3. The van der Waals surface area contributed by atoms with Crippen LogP contribution < -0.4 is 0 Å². The molecule has 0 aliphatic rings. The third-order valence-electron chi connectivity index (χ3n) is 1.77. The molecule has 0 aromatic heterocycles. The van der Waals surface area contributed by atoms with Crippen LogP contribution in [-0.2, 0) is 0 Å². The van der Waals surface area contributed by atoms with Crippen LogP contribution >= 0.6 is 15.9 Å². The van der Waals surface area contributed by atoms with Crippen molar-refractivity contribution in [1.82, 2.24) is 0 Å². The maximum absolute atomic E-state index is 12.2. The van der Waals surface area contributed by atoms with Gasteiger partial charge in [0.05, 0.1) is 5.92 Å². The largest absolute Gasteiger partial charge is 0.250 e. The zero-order chi connectivity index (χ0) is 9.84. The zero-order valence-corrected chi connectivity index (χ0v) is 8.27. The van der Waals surface area contributed by atoms with Crippen molar-refractivity contribution in [1.29, 1.82) is 0 Å². The van der Waals surface area contributed by atoms with Gasteiger partial charge in [-0.1, -0.05) is 28.1 Å². The van der Waals surface area contributed by atoms with Crippen molar-refractivity contribution in [3.63, 3.8) is 0 Å². The summed E-state index contributed by atoms with van der Waals surface area (Å²) in [6.07, 6.45) is -2.65. The molecule has 0 nitrogen and oxygen atoms in total. The molecule has 4 heteroatoms. The molecular weight excluding hydrogens is 245 g/mol. The molecule has 0 aliphatic carbocycles. The maximum Gasteiger partial charge on any atom is 0.247 e. The van der Waals surface area contributed by atoms with Gasteiger partial charge in [0, 0.05) is 4.47 Å². The van der Waals surface area contributed by atoms with E-state index >= 15 is 0 Å². The zero-order valence-electron chi connectivity index (χ0n) is 6.68. The Morgan fingerprint density at radius 1 is 1.15 bits per heavy atom. The van der Waals surface area contributed by atoms with Gasteiger partial charge in [-0.05, 0) is 17.7 Å². The molecule has 0 aliphatic heterocycles. The SMILES string of the molecule is FCC(c1ccc(Br)cc1)C(F)F. The second kappa shape index (κ2) is 4.65. The molecule has 1 rings (SSSR count). The van der Waals surface area contributed by atoms with E-state index in [1.807, 2.05) is 0 Å². The molecule has 0 saturated heterocycles. The van der Waals surface area contributed by atoms with Crippen molar-refractivity contribution in [2.45, 2.75) is 12.3 Å². The molecule has 0 bridgehead atoms. The van der Waals surface area contributed by atoms with Crippen LogP contribution in [0.1, 0.15) is 11.5 Å². The van der Waals surface area contributed by atoms with Crippen molar-refractivity contribution in [2.24, 2.45) is 0 Å². The summed E-state index contributed by atoms with van der Waals surface area (Å²) < 4.78 is 37.5. The quantitative estimate of drug-likeness (QED) is 0.769. The molecular formula is C9H8BrF3. The summed E-state index contributed by atoms with van der Waals surface area (Å²) in [5, 5.41) is 0.